The van der Waals surface area contributed by atoms with Gasteiger partial charge in [-0.15, -0.1) is 0 Å². The van der Waals surface area contributed by atoms with Crippen LogP contribution in [0, 0.1) is 0 Å². The number of hydrogen-bond donors (Lipinski definition) is 2. The number of H-pyrrole nitrogens is 1. The van der Waals surface area contributed by atoms with Crippen molar-refractivity contribution in [3.05, 3.63) is 64.9 Å². The summed E-state index contributed by atoms with van der Waals surface area (Å²) in [6, 6.07) is 12.1. The summed E-state index contributed by atoms with van der Waals surface area (Å²) in [5.41, 5.74) is 2.77. The van der Waals surface area contributed by atoms with Crippen LogP contribution in [0.15, 0.2) is 48.8 Å². The highest BCUT2D eigenvalue weighted by molar-refractivity contribution is 6.30. The van der Waals surface area contributed by atoms with Gasteiger partial charge in [0.1, 0.15) is 5.52 Å². The van der Waals surface area contributed by atoms with Gasteiger partial charge in [0.15, 0.2) is 5.78 Å². The van der Waals surface area contributed by atoms with E-state index in [9.17, 15) is 14.7 Å². The molecule has 2 aromatic carbocycles. The number of aromatic amines is 1. The van der Waals surface area contributed by atoms with E-state index in [-0.39, 0.29) is 24.7 Å². The zero-order valence-electron chi connectivity index (χ0n) is 15.1. The molecular formula is C21H20ClN3O3. The second-order valence-corrected chi connectivity index (χ2v) is 7.50. The highest BCUT2D eigenvalue weighted by Crippen LogP contribution is 2.25. The predicted octanol–water partition coefficient (Wildman–Crippen LogP) is 2.99. The Labute approximate surface area is 167 Å². The van der Waals surface area contributed by atoms with Gasteiger partial charge in [-0.05, 0) is 36.2 Å². The lowest BCUT2D eigenvalue weighted by Gasteiger charge is -2.23. The number of imidazole rings is 1. The number of benzene rings is 2. The molecule has 2 atom stereocenters. The molecule has 0 radical (unpaired) electrons. The van der Waals surface area contributed by atoms with E-state index in [1.807, 2.05) is 18.2 Å². The molecule has 1 fully saturated rings. The van der Waals surface area contributed by atoms with Gasteiger partial charge in [0.2, 0.25) is 0 Å². The average molecular weight is 398 g/mol. The highest BCUT2D eigenvalue weighted by Gasteiger charge is 2.39. The zero-order valence-corrected chi connectivity index (χ0v) is 15.9. The lowest BCUT2D eigenvalue weighted by Crippen LogP contribution is -2.41. The summed E-state index contributed by atoms with van der Waals surface area (Å²) >= 11 is 5.89. The highest BCUT2D eigenvalue weighted by atomic mass is 35.5. The Morgan fingerprint density at radius 1 is 1.21 bits per heavy atom. The third-order valence-corrected chi connectivity index (χ3v) is 5.42. The monoisotopic (exact) mass is 397 g/mol. The van der Waals surface area contributed by atoms with Gasteiger partial charge in [-0.1, -0.05) is 29.8 Å². The molecule has 4 rings (SSSR count). The SMILES string of the molecule is O=C(CCc1ccc(Cl)cc1)[C@@H]1C[C@@H](O)CN1C(=O)c1cccc2[nH]cnc12. The number of aromatic nitrogens is 2. The number of nitrogens with zero attached hydrogens (tertiary/aromatic N) is 2. The van der Waals surface area contributed by atoms with Gasteiger partial charge in [-0.3, -0.25) is 9.59 Å². The molecule has 0 unspecified atom stereocenters. The Bertz CT molecular complexity index is 1020. The van der Waals surface area contributed by atoms with Crippen LogP contribution in [-0.4, -0.2) is 50.4 Å². The number of halogens is 1. The number of aryl methyl sites for hydroxylation is 1. The van der Waals surface area contributed by atoms with E-state index in [1.165, 1.54) is 11.2 Å². The molecular weight excluding hydrogens is 378 g/mol. The number of amides is 1. The lowest BCUT2D eigenvalue weighted by atomic mass is 10.0. The maximum absolute atomic E-state index is 13.1. The Balaban J connectivity index is 1.51. The number of aliphatic hydroxyl groups is 1. The molecule has 1 amide bonds. The smallest absolute Gasteiger partial charge is 0.256 e. The topological polar surface area (TPSA) is 86.3 Å². The molecule has 1 saturated heterocycles. The van der Waals surface area contributed by atoms with Crippen LogP contribution in [0.2, 0.25) is 5.02 Å². The molecule has 7 heteroatoms. The molecule has 2 heterocycles. The maximum Gasteiger partial charge on any atom is 0.256 e. The molecule has 1 aliphatic heterocycles. The number of carbonyl (C=O) groups excluding carboxylic acids is 2. The van der Waals surface area contributed by atoms with Crippen molar-refractivity contribution < 1.29 is 14.7 Å². The first-order valence-electron chi connectivity index (χ1n) is 9.21. The molecule has 1 aliphatic rings. The number of carbonyl (C=O) groups is 2. The van der Waals surface area contributed by atoms with Crippen LogP contribution in [0.4, 0.5) is 0 Å². The van der Waals surface area contributed by atoms with Crippen molar-refractivity contribution in [1.29, 1.82) is 0 Å². The van der Waals surface area contributed by atoms with Gasteiger partial charge >= 0.3 is 0 Å². The standard InChI is InChI=1S/C21H20ClN3O3/c22-14-7-4-13(5-8-14)6-9-19(27)18-10-15(26)11-25(18)21(28)16-2-1-3-17-20(16)24-12-23-17/h1-5,7-8,12,15,18,26H,6,9-11H2,(H,23,24)/t15-,18+/m1/s1. The van der Waals surface area contributed by atoms with E-state index in [1.54, 1.807) is 24.3 Å². The first-order chi connectivity index (χ1) is 13.5. The van der Waals surface area contributed by atoms with Crippen molar-refractivity contribution >= 4 is 34.3 Å². The average Bonchev–Trinajstić information content (AvgIpc) is 3.33. The van der Waals surface area contributed by atoms with Crippen LogP contribution in [0.25, 0.3) is 11.0 Å². The second-order valence-electron chi connectivity index (χ2n) is 7.06. The Kier molecular flexibility index (Phi) is 5.15. The summed E-state index contributed by atoms with van der Waals surface area (Å²) in [6.07, 6.45) is 1.97. The van der Waals surface area contributed by atoms with Crippen LogP contribution < -0.4 is 0 Å². The minimum Gasteiger partial charge on any atom is -0.391 e. The van der Waals surface area contributed by atoms with Crippen molar-refractivity contribution in [1.82, 2.24) is 14.9 Å². The molecule has 0 spiro atoms. The first kappa shape index (κ1) is 18.7. The van der Waals surface area contributed by atoms with Crippen molar-refractivity contribution in [2.45, 2.75) is 31.4 Å². The lowest BCUT2D eigenvalue weighted by molar-refractivity contribution is -0.122. The van der Waals surface area contributed by atoms with Crippen molar-refractivity contribution in [3.63, 3.8) is 0 Å². The van der Waals surface area contributed by atoms with Crippen molar-refractivity contribution in [2.24, 2.45) is 0 Å². The van der Waals surface area contributed by atoms with Gasteiger partial charge in [-0.25, -0.2) is 4.98 Å². The van der Waals surface area contributed by atoms with Crippen LogP contribution in [0.5, 0.6) is 0 Å². The number of fused-ring (bicyclic) bond motifs is 1. The Morgan fingerprint density at radius 3 is 2.79 bits per heavy atom. The quantitative estimate of drug-likeness (QED) is 0.693. The summed E-state index contributed by atoms with van der Waals surface area (Å²) in [5, 5.41) is 10.8. The molecule has 0 aliphatic carbocycles. The number of β-amino-alcohol motifs (C(OH)–C–C–N with tert-alkyl or cyclic N) is 1. The first-order valence-corrected chi connectivity index (χ1v) is 9.59. The number of rotatable bonds is 5. The van der Waals surface area contributed by atoms with Crippen molar-refractivity contribution in [3.8, 4) is 0 Å². The van der Waals surface area contributed by atoms with Crippen LogP contribution in [-0.2, 0) is 11.2 Å². The molecule has 3 aromatic rings. The third-order valence-electron chi connectivity index (χ3n) is 5.16. The Hall–Kier alpha value is -2.70. The van der Waals surface area contributed by atoms with Gasteiger partial charge in [0.05, 0.1) is 29.6 Å². The van der Waals surface area contributed by atoms with E-state index in [0.717, 1.165) is 11.1 Å². The summed E-state index contributed by atoms with van der Waals surface area (Å²) in [4.78, 5) is 34.7. The van der Waals surface area contributed by atoms with Crippen molar-refractivity contribution in [2.75, 3.05) is 6.54 Å². The summed E-state index contributed by atoms with van der Waals surface area (Å²) in [7, 11) is 0. The van der Waals surface area contributed by atoms with Gasteiger partial charge < -0.3 is 15.0 Å². The minimum atomic E-state index is -0.702. The zero-order chi connectivity index (χ0) is 19.7. The Morgan fingerprint density at radius 2 is 2.00 bits per heavy atom. The number of aliphatic hydroxyl groups excluding tert-OH is 1. The van der Waals surface area contributed by atoms with E-state index in [0.29, 0.717) is 28.9 Å². The molecule has 0 saturated carbocycles. The third kappa shape index (κ3) is 3.66. The van der Waals surface area contributed by atoms with Gasteiger partial charge in [0.25, 0.3) is 5.91 Å². The summed E-state index contributed by atoms with van der Waals surface area (Å²) in [6.45, 7) is 0.150. The van der Waals surface area contributed by atoms with E-state index in [4.69, 9.17) is 11.6 Å². The van der Waals surface area contributed by atoms with Crippen LogP contribution >= 0.6 is 11.6 Å². The molecule has 0 bridgehead atoms. The fourth-order valence-electron chi connectivity index (χ4n) is 3.72. The van der Waals surface area contributed by atoms with Crippen LogP contribution in [0.3, 0.4) is 0 Å². The molecule has 144 valence electrons. The van der Waals surface area contributed by atoms with Gasteiger partial charge in [-0.2, -0.15) is 0 Å². The second kappa shape index (κ2) is 7.73. The number of hydrogen-bond acceptors (Lipinski definition) is 4. The fraction of sp³-hybridized carbons (Fsp3) is 0.286. The number of Topliss-reactive ketones (excluding diaryl/α,β-unsaturated/α-hetero) is 1. The molecule has 1 aromatic heterocycles. The maximum atomic E-state index is 13.1. The number of nitrogens with one attached hydrogen (secondary N) is 1. The predicted molar refractivity (Wildman–Crippen MR) is 106 cm³/mol. The van der Waals surface area contributed by atoms with Crippen LogP contribution in [0.1, 0.15) is 28.8 Å². The summed E-state index contributed by atoms with van der Waals surface area (Å²) < 4.78 is 0. The largest absolute Gasteiger partial charge is 0.391 e. The molecule has 2 N–H and O–H groups in total. The molecule has 6 nitrogen and oxygen atoms in total. The van der Waals surface area contributed by atoms with Gasteiger partial charge in [0, 0.05) is 24.4 Å². The number of para-hydroxylation sites is 1. The normalized spacial score (nSPS) is 19.3. The van der Waals surface area contributed by atoms with E-state index >= 15 is 0 Å². The minimum absolute atomic E-state index is 0.0472. The number of ketones is 1. The summed E-state index contributed by atoms with van der Waals surface area (Å²) in [5.74, 6) is -0.326. The fourth-order valence-corrected chi connectivity index (χ4v) is 3.85. The number of likely N-dealkylation sites (tertiary alicyclic amines) is 1. The molecule has 28 heavy (non-hydrogen) atoms. The van der Waals surface area contributed by atoms with E-state index < -0.39 is 12.1 Å². The van der Waals surface area contributed by atoms with E-state index in [2.05, 4.69) is 9.97 Å².